The van der Waals surface area contributed by atoms with Gasteiger partial charge in [-0.1, -0.05) is 50.2 Å². The highest BCUT2D eigenvalue weighted by molar-refractivity contribution is 6.04. The minimum atomic E-state index is -0.125. The second kappa shape index (κ2) is 6.11. The Bertz CT molecular complexity index is 1250. The molecule has 4 heteroatoms. The molecule has 1 atom stereocenters. The molecular formula is C26H23NO3. The highest BCUT2D eigenvalue weighted by atomic mass is 16.7. The van der Waals surface area contributed by atoms with E-state index in [0.29, 0.717) is 6.42 Å². The number of ketones is 1. The second-order valence-electron chi connectivity index (χ2n) is 9.25. The maximum Gasteiger partial charge on any atom is 0.231 e. The average molecular weight is 397 g/mol. The van der Waals surface area contributed by atoms with Crippen molar-refractivity contribution in [2.75, 3.05) is 12.1 Å². The summed E-state index contributed by atoms with van der Waals surface area (Å²) in [6, 6.07) is 18.8. The van der Waals surface area contributed by atoms with Crippen LogP contribution in [-0.2, 0) is 4.79 Å². The quantitative estimate of drug-likeness (QED) is 0.566. The fourth-order valence-electron chi connectivity index (χ4n) is 5.23. The van der Waals surface area contributed by atoms with Crippen molar-refractivity contribution in [2.45, 2.75) is 32.6 Å². The molecule has 0 spiro atoms. The topological polar surface area (TPSA) is 47.6 Å². The molecule has 150 valence electrons. The zero-order valence-electron chi connectivity index (χ0n) is 17.1. The molecule has 0 bridgehead atoms. The summed E-state index contributed by atoms with van der Waals surface area (Å²) in [6.07, 6.45) is 1.43. The molecule has 0 amide bonds. The van der Waals surface area contributed by atoms with Gasteiger partial charge in [0.05, 0.1) is 0 Å². The van der Waals surface area contributed by atoms with Gasteiger partial charge in [-0.25, -0.2) is 0 Å². The minimum Gasteiger partial charge on any atom is -0.454 e. The molecule has 30 heavy (non-hydrogen) atoms. The van der Waals surface area contributed by atoms with Gasteiger partial charge >= 0.3 is 0 Å². The van der Waals surface area contributed by atoms with Crippen molar-refractivity contribution < 1.29 is 14.3 Å². The van der Waals surface area contributed by atoms with Crippen LogP contribution < -0.4 is 14.8 Å². The van der Waals surface area contributed by atoms with E-state index in [-0.39, 0.29) is 23.9 Å². The van der Waals surface area contributed by atoms with Crippen molar-refractivity contribution in [2.24, 2.45) is 5.41 Å². The molecule has 3 aromatic rings. The Labute approximate surface area is 175 Å². The van der Waals surface area contributed by atoms with Crippen LogP contribution in [0.3, 0.4) is 0 Å². The lowest BCUT2D eigenvalue weighted by Crippen LogP contribution is -2.33. The summed E-state index contributed by atoms with van der Waals surface area (Å²) in [6.45, 7) is 4.58. The standard InChI is InChI=1S/C26H23NO3/c1-26(2)12-19-25(20(28)13-26)23(16-8-10-21-22(11-16)30-14-29-21)24-17-6-4-3-5-15(17)7-9-18(24)27-19/h3-11,23,27H,12-14H2,1-2H3. The van der Waals surface area contributed by atoms with Crippen molar-refractivity contribution >= 4 is 22.2 Å². The maximum atomic E-state index is 13.5. The molecule has 0 saturated heterocycles. The Balaban J connectivity index is 1.64. The van der Waals surface area contributed by atoms with Crippen LogP contribution in [0.1, 0.15) is 43.7 Å². The van der Waals surface area contributed by atoms with Crippen LogP contribution in [-0.4, -0.2) is 12.6 Å². The Morgan fingerprint density at radius 3 is 2.70 bits per heavy atom. The summed E-state index contributed by atoms with van der Waals surface area (Å²) >= 11 is 0. The molecule has 3 aliphatic rings. The molecule has 0 fully saturated rings. The number of fused-ring (bicyclic) bond motifs is 4. The van der Waals surface area contributed by atoms with Gasteiger partial charge in [0.15, 0.2) is 17.3 Å². The zero-order chi connectivity index (χ0) is 20.5. The number of hydrogen-bond acceptors (Lipinski definition) is 4. The van der Waals surface area contributed by atoms with E-state index < -0.39 is 0 Å². The largest absolute Gasteiger partial charge is 0.454 e. The Hall–Kier alpha value is -3.27. The van der Waals surface area contributed by atoms with E-state index in [2.05, 4.69) is 61.6 Å². The molecule has 2 aliphatic heterocycles. The first-order valence-corrected chi connectivity index (χ1v) is 10.4. The number of anilines is 1. The number of benzene rings is 3. The summed E-state index contributed by atoms with van der Waals surface area (Å²) in [5.41, 5.74) is 5.23. The summed E-state index contributed by atoms with van der Waals surface area (Å²) in [5, 5.41) is 5.98. The predicted octanol–water partition coefficient (Wildman–Crippen LogP) is 5.77. The van der Waals surface area contributed by atoms with E-state index in [1.165, 1.54) is 16.3 Å². The summed E-state index contributed by atoms with van der Waals surface area (Å²) in [5.74, 6) is 1.62. The monoisotopic (exact) mass is 397 g/mol. The Kier molecular flexibility index (Phi) is 3.58. The number of nitrogens with one attached hydrogen (secondary N) is 1. The van der Waals surface area contributed by atoms with Crippen LogP contribution >= 0.6 is 0 Å². The van der Waals surface area contributed by atoms with Gasteiger partial charge in [-0.3, -0.25) is 4.79 Å². The second-order valence-corrected chi connectivity index (χ2v) is 9.25. The van der Waals surface area contributed by atoms with E-state index in [9.17, 15) is 4.79 Å². The number of rotatable bonds is 1. The molecule has 0 saturated carbocycles. The lowest BCUT2D eigenvalue weighted by molar-refractivity contribution is -0.118. The van der Waals surface area contributed by atoms with Gasteiger partial charge in [-0.05, 0) is 51.9 Å². The summed E-state index contributed by atoms with van der Waals surface area (Å²) in [4.78, 5) is 13.5. The van der Waals surface area contributed by atoms with Gasteiger partial charge < -0.3 is 14.8 Å². The molecule has 0 radical (unpaired) electrons. The fourth-order valence-corrected chi connectivity index (χ4v) is 5.23. The van der Waals surface area contributed by atoms with E-state index in [0.717, 1.165) is 40.4 Å². The number of allylic oxidation sites excluding steroid dienone is 2. The minimum absolute atomic E-state index is 0.0449. The van der Waals surface area contributed by atoms with Crippen LogP contribution in [0.25, 0.3) is 10.8 Å². The van der Waals surface area contributed by atoms with E-state index in [1.54, 1.807) is 0 Å². The fraction of sp³-hybridized carbons (Fsp3) is 0.269. The van der Waals surface area contributed by atoms with Gasteiger partial charge in [0.2, 0.25) is 6.79 Å². The third-order valence-electron chi connectivity index (χ3n) is 6.48. The molecule has 3 aromatic carbocycles. The van der Waals surface area contributed by atoms with Crippen molar-refractivity contribution in [3.63, 3.8) is 0 Å². The summed E-state index contributed by atoms with van der Waals surface area (Å²) < 4.78 is 11.2. The lowest BCUT2D eigenvalue weighted by atomic mass is 9.68. The molecule has 1 unspecified atom stereocenters. The molecule has 1 aliphatic carbocycles. The first-order chi connectivity index (χ1) is 14.5. The molecule has 6 rings (SSSR count). The molecule has 1 N–H and O–H groups in total. The van der Waals surface area contributed by atoms with Crippen LogP contribution in [0.2, 0.25) is 0 Å². The smallest absolute Gasteiger partial charge is 0.231 e. The zero-order valence-corrected chi connectivity index (χ0v) is 17.1. The van der Waals surface area contributed by atoms with Gasteiger partial charge in [-0.15, -0.1) is 0 Å². The lowest BCUT2D eigenvalue weighted by Gasteiger charge is -2.40. The van der Waals surface area contributed by atoms with E-state index >= 15 is 0 Å². The number of carbonyl (C=O) groups is 1. The van der Waals surface area contributed by atoms with Crippen molar-refractivity contribution in [1.82, 2.24) is 0 Å². The molecule has 0 aromatic heterocycles. The highest BCUT2D eigenvalue weighted by Gasteiger charge is 2.41. The SMILES string of the molecule is CC1(C)CC(=O)C2=C(C1)Nc1ccc3ccccc3c1C2c1ccc2c(c1)OCO2. The summed E-state index contributed by atoms with van der Waals surface area (Å²) in [7, 11) is 0. The average Bonchev–Trinajstić information content (AvgIpc) is 3.19. The van der Waals surface area contributed by atoms with Crippen molar-refractivity contribution in [1.29, 1.82) is 0 Å². The predicted molar refractivity (Wildman–Crippen MR) is 117 cm³/mol. The third kappa shape index (κ3) is 2.56. The van der Waals surface area contributed by atoms with Crippen LogP contribution in [0, 0.1) is 5.41 Å². The van der Waals surface area contributed by atoms with Gasteiger partial charge in [-0.2, -0.15) is 0 Å². The van der Waals surface area contributed by atoms with Crippen LogP contribution in [0.5, 0.6) is 11.5 Å². The van der Waals surface area contributed by atoms with Crippen molar-refractivity contribution in [3.05, 3.63) is 77.0 Å². The number of hydrogen-bond donors (Lipinski definition) is 1. The van der Waals surface area contributed by atoms with E-state index in [4.69, 9.17) is 9.47 Å². The molecule has 4 nitrogen and oxygen atoms in total. The first kappa shape index (κ1) is 17.6. The number of carbonyl (C=O) groups excluding carboxylic acids is 1. The van der Waals surface area contributed by atoms with Crippen LogP contribution in [0.15, 0.2) is 65.9 Å². The first-order valence-electron chi connectivity index (χ1n) is 10.4. The number of Topliss-reactive ketones (excluding diaryl/α,β-unsaturated/α-hetero) is 1. The van der Waals surface area contributed by atoms with Gasteiger partial charge in [0.1, 0.15) is 0 Å². The number of ether oxygens (including phenoxy) is 2. The Morgan fingerprint density at radius 1 is 0.967 bits per heavy atom. The molecule has 2 heterocycles. The third-order valence-corrected chi connectivity index (χ3v) is 6.48. The van der Waals surface area contributed by atoms with Crippen LogP contribution in [0.4, 0.5) is 5.69 Å². The highest BCUT2D eigenvalue weighted by Crippen LogP contribution is 2.51. The van der Waals surface area contributed by atoms with Crippen molar-refractivity contribution in [3.8, 4) is 11.5 Å². The van der Waals surface area contributed by atoms with E-state index in [1.807, 2.05) is 12.1 Å². The normalized spacial score (nSPS) is 21.3. The molecular weight excluding hydrogens is 374 g/mol. The maximum absolute atomic E-state index is 13.5. The van der Waals surface area contributed by atoms with Gasteiger partial charge in [0, 0.05) is 29.3 Å². The van der Waals surface area contributed by atoms with Gasteiger partial charge in [0.25, 0.3) is 0 Å². The Morgan fingerprint density at radius 2 is 1.80 bits per heavy atom.